The molecule has 8 fully saturated rings. The van der Waals surface area contributed by atoms with Crippen LogP contribution in [0.1, 0.15) is 93.0 Å². The van der Waals surface area contributed by atoms with Gasteiger partial charge in [0.05, 0.1) is 109 Å². The second-order valence-corrected chi connectivity index (χ2v) is 20.4. The highest BCUT2D eigenvalue weighted by molar-refractivity contribution is 5.94. The lowest BCUT2D eigenvalue weighted by molar-refractivity contribution is -0.169. The Morgan fingerprint density at radius 1 is 0.418 bits per heavy atom. The molecule has 3 aromatic rings. The largest absolute Gasteiger partial charge is 0.491 e. The number of fused-ring (bicyclic) bond motifs is 1. The van der Waals surface area contributed by atoms with E-state index in [1.54, 1.807) is 18.2 Å². The monoisotopic (exact) mass is 931 g/mol. The third-order valence-electron chi connectivity index (χ3n) is 15.1. The average Bonchev–Trinajstić information content (AvgIpc) is 3.30. The standard InChI is InChI=1S/C54H74O13/c55-52(56)48-2-1-47-30-49(4-3-46(47)29-48)65-38-45-27-50(63-17-13-59-9-5-57-7-11-61-15-19-66-53-32-39-21-40(33-53)23-41(22-39)34-53)31-51(28-45)64-18-14-60-10-6-58-8-12-62-16-20-67-54-35-42-24-43(36-54)26-44(25-42)37-54/h1-4,27-31,39-44H,5-26,32-38H2,(H,55,56). The van der Waals surface area contributed by atoms with E-state index in [1.165, 1.54) is 77.0 Å². The predicted octanol–water partition coefficient (Wildman–Crippen LogP) is 8.95. The maximum Gasteiger partial charge on any atom is 0.335 e. The maximum absolute atomic E-state index is 11.4. The smallest absolute Gasteiger partial charge is 0.335 e. The second kappa shape index (κ2) is 23.9. The van der Waals surface area contributed by atoms with Gasteiger partial charge in [0.15, 0.2) is 0 Å². The summed E-state index contributed by atoms with van der Waals surface area (Å²) in [6.07, 6.45) is 16.1. The number of hydrogen-bond donors (Lipinski definition) is 1. The van der Waals surface area contributed by atoms with Gasteiger partial charge < -0.3 is 57.2 Å². The van der Waals surface area contributed by atoms with Gasteiger partial charge in [-0.2, -0.15) is 0 Å². The second-order valence-electron chi connectivity index (χ2n) is 20.4. The van der Waals surface area contributed by atoms with Crippen LogP contribution in [-0.4, -0.2) is 128 Å². The fourth-order valence-corrected chi connectivity index (χ4v) is 13.1. The summed E-state index contributed by atoms with van der Waals surface area (Å²) in [6.45, 7) is 8.32. The summed E-state index contributed by atoms with van der Waals surface area (Å²) in [7, 11) is 0. The van der Waals surface area contributed by atoms with Crippen LogP contribution in [0.2, 0.25) is 0 Å². The lowest BCUT2D eigenvalue weighted by Crippen LogP contribution is -2.52. The third-order valence-corrected chi connectivity index (χ3v) is 15.1. The lowest BCUT2D eigenvalue weighted by Gasteiger charge is -2.56. The first-order chi connectivity index (χ1) is 32.8. The number of ether oxygens (including phenoxy) is 11. The molecule has 368 valence electrons. The van der Waals surface area contributed by atoms with Gasteiger partial charge >= 0.3 is 5.97 Å². The lowest BCUT2D eigenvalue weighted by atomic mass is 9.54. The molecule has 8 aliphatic carbocycles. The van der Waals surface area contributed by atoms with E-state index in [0.29, 0.717) is 123 Å². The highest BCUT2D eigenvalue weighted by Gasteiger charge is 2.52. The Bertz CT molecular complexity index is 1860. The Hall–Kier alpha value is -3.53. The molecule has 0 aromatic heterocycles. The average molecular weight is 931 g/mol. The molecule has 0 heterocycles. The number of carboxylic acid groups (broad SMARTS) is 1. The third kappa shape index (κ3) is 14.1. The number of carboxylic acids is 1. The molecule has 8 saturated carbocycles. The van der Waals surface area contributed by atoms with Crippen LogP contribution in [0.4, 0.5) is 0 Å². The van der Waals surface area contributed by atoms with Crippen LogP contribution >= 0.6 is 0 Å². The van der Waals surface area contributed by atoms with Gasteiger partial charge in [-0.15, -0.1) is 0 Å². The minimum Gasteiger partial charge on any atom is -0.491 e. The van der Waals surface area contributed by atoms with Crippen molar-refractivity contribution in [3.63, 3.8) is 0 Å². The Morgan fingerprint density at radius 3 is 1.21 bits per heavy atom. The van der Waals surface area contributed by atoms with E-state index in [4.69, 9.17) is 52.1 Å². The summed E-state index contributed by atoms with van der Waals surface area (Å²) < 4.78 is 65.9. The number of aromatic carboxylic acids is 1. The van der Waals surface area contributed by atoms with Gasteiger partial charge in [0.1, 0.15) is 37.1 Å². The number of carbonyl (C=O) groups is 1. The van der Waals surface area contributed by atoms with Gasteiger partial charge in [-0.1, -0.05) is 12.1 Å². The van der Waals surface area contributed by atoms with Crippen LogP contribution in [0.25, 0.3) is 10.8 Å². The van der Waals surface area contributed by atoms with Gasteiger partial charge in [0.25, 0.3) is 0 Å². The van der Waals surface area contributed by atoms with Crippen molar-refractivity contribution < 1.29 is 62.0 Å². The molecule has 0 amide bonds. The number of hydrogen-bond acceptors (Lipinski definition) is 12. The summed E-state index contributed by atoms with van der Waals surface area (Å²) in [6, 6.07) is 16.4. The summed E-state index contributed by atoms with van der Waals surface area (Å²) in [5, 5.41) is 11.1. The van der Waals surface area contributed by atoms with E-state index in [-0.39, 0.29) is 23.4 Å². The van der Waals surface area contributed by atoms with E-state index in [9.17, 15) is 9.90 Å². The SMILES string of the molecule is O=C(O)c1ccc2cc(OCc3cc(OCCOCCOCCOCCOC45CC6CC(CC(C6)C4)C5)cc(OCCOCCOCCOCCOC45CC6CC(CC(C6)C4)C5)c3)ccc2c1. The maximum atomic E-state index is 11.4. The quantitative estimate of drug-likeness (QED) is 0.0597. The fourth-order valence-electron chi connectivity index (χ4n) is 13.1. The Morgan fingerprint density at radius 2 is 0.791 bits per heavy atom. The van der Waals surface area contributed by atoms with Crippen molar-refractivity contribution in [3.05, 3.63) is 65.7 Å². The summed E-state index contributed by atoms with van der Waals surface area (Å²) in [5.74, 6) is 6.30. The summed E-state index contributed by atoms with van der Waals surface area (Å²) in [5.41, 5.74) is 1.37. The van der Waals surface area contributed by atoms with Crippen molar-refractivity contribution in [1.82, 2.24) is 0 Å². The van der Waals surface area contributed by atoms with Crippen LogP contribution in [-0.2, 0) is 44.5 Å². The summed E-state index contributed by atoms with van der Waals surface area (Å²) in [4.78, 5) is 11.4. The summed E-state index contributed by atoms with van der Waals surface area (Å²) >= 11 is 0. The van der Waals surface area contributed by atoms with Crippen LogP contribution < -0.4 is 14.2 Å². The van der Waals surface area contributed by atoms with Crippen molar-refractivity contribution >= 4 is 16.7 Å². The normalized spacial score (nSPS) is 27.8. The van der Waals surface area contributed by atoms with Gasteiger partial charge in [0, 0.05) is 6.07 Å². The predicted molar refractivity (Wildman–Crippen MR) is 251 cm³/mol. The zero-order valence-electron chi connectivity index (χ0n) is 39.5. The number of rotatable bonds is 32. The highest BCUT2D eigenvalue weighted by Crippen LogP contribution is 2.58. The molecule has 67 heavy (non-hydrogen) atoms. The Kier molecular flexibility index (Phi) is 17.3. The van der Waals surface area contributed by atoms with Crippen molar-refractivity contribution in [3.8, 4) is 17.2 Å². The Labute approximate surface area is 396 Å². The van der Waals surface area contributed by atoms with E-state index in [1.807, 2.05) is 36.4 Å². The topological polar surface area (TPSA) is 139 Å². The zero-order chi connectivity index (χ0) is 45.7. The first-order valence-corrected chi connectivity index (χ1v) is 25.4. The molecule has 13 nitrogen and oxygen atoms in total. The Balaban J connectivity index is 0.633. The van der Waals surface area contributed by atoms with E-state index >= 15 is 0 Å². The van der Waals surface area contributed by atoms with Gasteiger partial charge in [-0.25, -0.2) is 4.79 Å². The molecular formula is C54H74O13. The highest BCUT2D eigenvalue weighted by atomic mass is 16.6. The van der Waals surface area contributed by atoms with Crippen LogP contribution in [0.5, 0.6) is 17.2 Å². The van der Waals surface area contributed by atoms with E-state index in [2.05, 4.69) is 0 Å². The minimum absolute atomic E-state index is 0.132. The molecule has 0 radical (unpaired) electrons. The molecule has 11 rings (SSSR count). The molecule has 13 heteroatoms. The molecule has 0 unspecified atom stereocenters. The van der Waals surface area contributed by atoms with E-state index < -0.39 is 5.97 Å². The molecular weight excluding hydrogens is 857 g/mol. The van der Waals surface area contributed by atoms with Crippen LogP contribution in [0.3, 0.4) is 0 Å². The zero-order valence-corrected chi connectivity index (χ0v) is 39.5. The first-order valence-electron chi connectivity index (χ1n) is 25.4. The molecule has 0 aliphatic heterocycles. The molecule has 8 bridgehead atoms. The fraction of sp³-hybridized carbons (Fsp3) is 0.685. The van der Waals surface area contributed by atoms with Crippen LogP contribution in [0, 0.1) is 35.5 Å². The van der Waals surface area contributed by atoms with Crippen molar-refractivity contribution in [1.29, 1.82) is 0 Å². The van der Waals surface area contributed by atoms with Gasteiger partial charge in [0.2, 0.25) is 0 Å². The van der Waals surface area contributed by atoms with Gasteiger partial charge in [-0.05, 0) is 165 Å². The van der Waals surface area contributed by atoms with Crippen molar-refractivity contribution in [2.45, 2.75) is 94.9 Å². The van der Waals surface area contributed by atoms with Crippen LogP contribution in [0.15, 0.2) is 54.6 Å². The molecule has 0 spiro atoms. The van der Waals surface area contributed by atoms with E-state index in [0.717, 1.165) is 51.8 Å². The molecule has 0 atom stereocenters. The molecule has 1 N–H and O–H groups in total. The first kappa shape index (κ1) is 48.5. The number of benzene rings is 3. The minimum atomic E-state index is -0.956. The molecule has 3 aromatic carbocycles. The van der Waals surface area contributed by atoms with Gasteiger partial charge in [-0.3, -0.25) is 0 Å². The molecule has 8 aliphatic rings. The van der Waals surface area contributed by atoms with Crippen molar-refractivity contribution in [2.24, 2.45) is 35.5 Å². The van der Waals surface area contributed by atoms with Crippen molar-refractivity contribution in [2.75, 3.05) is 106 Å². The molecule has 0 saturated heterocycles.